The van der Waals surface area contributed by atoms with Gasteiger partial charge in [-0.05, 0) is 29.8 Å². The van der Waals surface area contributed by atoms with Gasteiger partial charge in [0.1, 0.15) is 30.1 Å². The van der Waals surface area contributed by atoms with Crippen molar-refractivity contribution in [2.45, 2.75) is 19.3 Å². The highest BCUT2D eigenvalue weighted by Crippen LogP contribution is 2.30. The molecule has 0 spiro atoms. The fraction of sp³-hybridized carbons (Fsp3) is 0.391. The molecule has 4 rings (SSSR count). The smallest absolute Gasteiger partial charge is 0.212 e. The van der Waals surface area contributed by atoms with Crippen LogP contribution in [0.15, 0.2) is 47.6 Å². The average molecular weight is 426 g/mol. The molecule has 0 amide bonds. The lowest BCUT2D eigenvalue weighted by molar-refractivity contribution is -0.134. The van der Waals surface area contributed by atoms with E-state index in [2.05, 4.69) is 5.16 Å². The Labute approximate surface area is 181 Å². The molecule has 0 aromatic heterocycles. The quantitative estimate of drug-likeness (QED) is 0.474. The number of aldehydes is 1. The van der Waals surface area contributed by atoms with Crippen LogP contribution in [0.25, 0.3) is 0 Å². The van der Waals surface area contributed by atoms with Crippen LogP contribution in [0.3, 0.4) is 0 Å². The number of morpholine rings is 1. The number of fused-ring (bicyclic) bond motifs is 1. The SMILES string of the molecule is COc1ccc(CON=C2CCOc3cc(OC4CN(CC=O)CCO4)ccc32)cc1. The number of ether oxygens (including phenoxy) is 4. The van der Waals surface area contributed by atoms with Gasteiger partial charge in [0, 0.05) is 24.6 Å². The van der Waals surface area contributed by atoms with Gasteiger partial charge in [-0.1, -0.05) is 17.3 Å². The van der Waals surface area contributed by atoms with Crippen molar-refractivity contribution < 1.29 is 28.6 Å². The van der Waals surface area contributed by atoms with Crippen LogP contribution in [0, 0.1) is 0 Å². The van der Waals surface area contributed by atoms with Gasteiger partial charge in [0.25, 0.3) is 0 Å². The summed E-state index contributed by atoms with van der Waals surface area (Å²) in [6.45, 7) is 3.08. The topological polar surface area (TPSA) is 78.8 Å². The molecule has 2 aliphatic rings. The summed E-state index contributed by atoms with van der Waals surface area (Å²) >= 11 is 0. The van der Waals surface area contributed by atoms with Crippen molar-refractivity contribution in [1.29, 1.82) is 0 Å². The number of hydrogen-bond acceptors (Lipinski definition) is 8. The van der Waals surface area contributed by atoms with Gasteiger partial charge in [-0.15, -0.1) is 0 Å². The molecule has 31 heavy (non-hydrogen) atoms. The molecular formula is C23H26N2O6. The summed E-state index contributed by atoms with van der Waals surface area (Å²) in [5.74, 6) is 2.16. The van der Waals surface area contributed by atoms with Crippen LogP contribution in [0.4, 0.5) is 0 Å². The van der Waals surface area contributed by atoms with Crippen molar-refractivity contribution in [3.8, 4) is 17.2 Å². The third-order valence-corrected chi connectivity index (χ3v) is 5.14. The first-order chi connectivity index (χ1) is 15.2. The van der Waals surface area contributed by atoms with E-state index in [9.17, 15) is 4.79 Å². The molecule has 164 valence electrons. The summed E-state index contributed by atoms with van der Waals surface area (Å²) < 4.78 is 22.6. The number of methoxy groups -OCH3 is 1. The van der Waals surface area contributed by atoms with E-state index in [1.54, 1.807) is 7.11 Å². The third-order valence-electron chi connectivity index (χ3n) is 5.14. The molecule has 8 nitrogen and oxygen atoms in total. The van der Waals surface area contributed by atoms with Crippen LogP contribution in [-0.2, 0) is 21.0 Å². The summed E-state index contributed by atoms with van der Waals surface area (Å²) in [5, 5.41) is 4.34. The molecule has 0 saturated carbocycles. The number of benzene rings is 2. The molecule has 1 unspecified atom stereocenters. The second-order valence-electron chi connectivity index (χ2n) is 7.26. The maximum atomic E-state index is 10.7. The van der Waals surface area contributed by atoms with E-state index in [1.807, 2.05) is 47.4 Å². The maximum Gasteiger partial charge on any atom is 0.212 e. The van der Waals surface area contributed by atoms with E-state index in [0.717, 1.165) is 35.4 Å². The lowest BCUT2D eigenvalue weighted by Crippen LogP contribution is -2.45. The minimum absolute atomic E-state index is 0.376. The summed E-state index contributed by atoms with van der Waals surface area (Å²) in [7, 11) is 1.64. The van der Waals surface area contributed by atoms with Crippen molar-refractivity contribution in [3.63, 3.8) is 0 Å². The van der Waals surface area contributed by atoms with Gasteiger partial charge in [-0.3, -0.25) is 4.90 Å². The molecule has 0 aliphatic carbocycles. The van der Waals surface area contributed by atoms with Gasteiger partial charge < -0.3 is 28.6 Å². The predicted molar refractivity (Wildman–Crippen MR) is 114 cm³/mol. The Morgan fingerprint density at radius 1 is 1.16 bits per heavy atom. The highest BCUT2D eigenvalue weighted by molar-refractivity contribution is 6.03. The fourth-order valence-electron chi connectivity index (χ4n) is 3.49. The molecule has 0 radical (unpaired) electrons. The van der Waals surface area contributed by atoms with Crippen molar-refractivity contribution in [2.75, 3.05) is 40.0 Å². The minimum Gasteiger partial charge on any atom is -0.497 e. The first-order valence-corrected chi connectivity index (χ1v) is 10.3. The molecule has 2 heterocycles. The van der Waals surface area contributed by atoms with Crippen LogP contribution in [-0.4, -0.2) is 63.1 Å². The zero-order valence-electron chi connectivity index (χ0n) is 17.5. The number of nitrogens with zero attached hydrogens (tertiary/aromatic N) is 2. The molecular weight excluding hydrogens is 400 g/mol. The predicted octanol–water partition coefficient (Wildman–Crippen LogP) is 2.63. The number of rotatable bonds is 8. The van der Waals surface area contributed by atoms with Crippen LogP contribution in [0.5, 0.6) is 17.2 Å². The van der Waals surface area contributed by atoms with Crippen molar-refractivity contribution in [1.82, 2.24) is 4.90 Å². The second-order valence-corrected chi connectivity index (χ2v) is 7.26. The first-order valence-electron chi connectivity index (χ1n) is 10.3. The van der Waals surface area contributed by atoms with Gasteiger partial charge >= 0.3 is 0 Å². The standard InChI is InChI=1S/C23H26N2O6/c1-27-18-4-2-17(3-5-18)16-30-24-21-8-12-28-22-14-19(6-7-20(21)22)31-23-15-25(9-11-26)10-13-29-23/h2-7,11,14,23H,8-10,12-13,15-16H2,1H3. The van der Waals surface area contributed by atoms with Gasteiger partial charge in [0.15, 0.2) is 0 Å². The zero-order chi connectivity index (χ0) is 21.5. The number of hydrogen-bond donors (Lipinski definition) is 0. The monoisotopic (exact) mass is 426 g/mol. The molecule has 2 aromatic carbocycles. The summed E-state index contributed by atoms with van der Waals surface area (Å²) in [5.41, 5.74) is 2.74. The second kappa shape index (κ2) is 10.3. The lowest BCUT2D eigenvalue weighted by Gasteiger charge is -2.31. The van der Waals surface area contributed by atoms with Crippen LogP contribution in [0.1, 0.15) is 17.5 Å². The van der Waals surface area contributed by atoms with Gasteiger partial charge in [0.2, 0.25) is 6.29 Å². The molecule has 1 atom stereocenters. The first kappa shape index (κ1) is 21.1. The summed E-state index contributed by atoms with van der Waals surface area (Å²) in [6, 6.07) is 13.3. The average Bonchev–Trinajstić information content (AvgIpc) is 2.80. The molecule has 2 aromatic rings. The Balaban J connectivity index is 1.38. The van der Waals surface area contributed by atoms with Gasteiger partial charge in [0.05, 0.1) is 39.1 Å². The van der Waals surface area contributed by atoms with E-state index >= 15 is 0 Å². The van der Waals surface area contributed by atoms with E-state index in [1.165, 1.54) is 0 Å². The highest BCUT2D eigenvalue weighted by Gasteiger charge is 2.23. The normalized spacial score (nSPS) is 19.9. The number of carbonyl (C=O) groups excluding carboxylic acids is 1. The van der Waals surface area contributed by atoms with Crippen LogP contribution >= 0.6 is 0 Å². The van der Waals surface area contributed by atoms with Crippen LogP contribution in [0.2, 0.25) is 0 Å². The molecule has 0 N–H and O–H groups in total. The van der Waals surface area contributed by atoms with Gasteiger partial charge in [-0.2, -0.15) is 0 Å². The molecule has 0 bridgehead atoms. The number of carbonyl (C=O) groups is 1. The molecule has 1 fully saturated rings. The fourth-order valence-corrected chi connectivity index (χ4v) is 3.49. The third kappa shape index (κ3) is 5.53. The Morgan fingerprint density at radius 3 is 2.81 bits per heavy atom. The Morgan fingerprint density at radius 2 is 2.00 bits per heavy atom. The molecule has 2 aliphatic heterocycles. The number of oxime groups is 1. The minimum atomic E-state index is -0.420. The van der Waals surface area contributed by atoms with Crippen molar-refractivity contribution >= 4 is 12.0 Å². The Kier molecular flexibility index (Phi) is 7.01. The maximum absolute atomic E-state index is 10.7. The largest absolute Gasteiger partial charge is 0.497 e. The van der Waals surface area contributed by atoms with E-state index in [-0.39, 0.29) is 0 Å². The van der Waals surface area contributed by atoms with Crippen molar-refractivity contribution in [3.05, 3.63) is 53.6 Å². The van der Waals surface area contributed by atoms with E-state index < -0.39 is 6.29 Å². The Bertz CT molecular complexity index is 915. The van der Waals surface area contributed by atoms with Gasteiger partial charge in [-0.25, -0.2) is 0 Å². The molecule has 1 saturated heterocycles. The van der Waals surface area contributed by atoms with Crippen molar-refractivity contribution in [2.24, 2.45) is 5.16 Å². The summed E-state index contributed by atoms with van der Waals surface area (Å²) in [6.07, 6.45) is 1.14. The zero-order valence-corrected chi connectivity index (χ0v) is 17.5. The highest BCUT2D eigenvalue weighted by atomic mass is 16.7. The molecule has 8 heteroatoms. The Hall–Kier alpha value is -3.10. The summed E-state index contributed by atoms with van der Waals surface area (Å²) in [4.78, 5) is 18.3. The van der Waals surface area contributed by atoms with Crippen LogP contribution < -0.4 is 14.2 Å². The van der Waals surface area contributed by atoms with E-state index in [4.69, 9.17) is 23.8 Å². The lowest BCUT2D eigenvalue weighted by atomic mass is 10.0. The van der Waals surface area contributed by atoms with E-state index in [0.29, 0.717) is 50.8 Å².